The fraction of sp³-hybridized carbons (Fsp3) is 0.227. The van der Waals surface area contributed by atoms with Gasteiger partial charge in [0.05, 0.1) is 11.1 Å². The van der Waals surface area contributed by atoms with Gasteiger partial charge in [-0.15, -0.1) is 0 Å². The van der Waals surface area contributed by atoms with Crippen LogP contribution in [-0.4, -0.2) is 19.1 Å². The number of rotatable bonds is 8. The normalized spacial score (nSPS) is 10.6. The highest BCUT2D eigenvalue weighted by Crippen LogP contribution is 2.33. The molecule has 0 aromatic heterocycles. The van der Waals surface area contributed by atoms with Gasteiger partial charge in [0.15, 0.2) is 6.61 Å². The fourth-order valence-corrected chi connectivity index (χ4v) is 3.27. The first-order valence-corrected chi connectivity index (χ1v) is 9.79. The molecule has 27 heavy (non-hydrogen) atoms. The summed E-state index contributed by atoms with van der Waals surface area (Å²) in [6.07, 6.45) is 2.09. The zero-order chi connectivity index (χ0) is 19.1. The molecular formula is C22H22BrNO3. The molecule has 1 N–H and O–H groups in total. The summed E-state index contributed by atoms with van der Waals surface area (Å²) in [6.45, 7) is 2.72. The largest absolute Gasteiger partial charge is 0.494 e. The molecule has 0 aliphatic heterocycles. The van der Waals surface area contributed by atoms with E-state index in [0.29, 0.717) is 18.0 Å². The molecule has 0 radical (unpaired) electrons. The van der Waals surface area contributed by atoms with Gasteiger partial charge in [0, 0.05) is 11.8 Å². The molecule has 0 spiro atoms. The van der Waals surface area contributed by atoms with E-state index in [-0.39, 0.29) is 12.5 Å². The van der Waals surface area contributed by atoms with Crippen LogP contribution >= 0.6 is 15.9 Å². The Morgan fingerprint density at radius 1 is 1.04 bits per heavy atom. The molecule has 3 aromatic carbocycles. The van der Waals surface area contributed by atoms with E-state index in [1.54, 1.807) is 0 Å². The number of fused-ring (bicyclic) bond motifs is 1. The van der Waals surface area contributed by atoms with Crippen LogP contribution in [0.4, 0.5) is 5.69 Å². The van der Waals surface area contributed by atoms with Crippen molar-refractivity contribution in [3.05, 3.63) is 65.1 Å². The number of unbranched alkanes of at least 4 members (excludes halogenated alkanes) is 1. The van der Waals surface area contributed by atoms with Gasteiger partial charge in [0.1, 0.15) is 11.5 Å². The van der Waals surface area contributed by atoms with Gasteiger partial charge in [-0.05, 0) is 51.3 Å². The Labute approximate surface area is 167 Å². The predicted octanol–water partition coefficient (Wildman–Crippen LogP) is 5.80. The Balaban J connectivity index is 1.58. The molecule has 0 atom stereocenters. The molecule has 0 aliphatic rings. The molecule has 0 fully saturated rings. The fourth-order valence-electron chi connectivity index (χ4n) is 2.66. The summed E-state index contributed by atoms with van der Waals surface area (Å²) in [4.78, 5) is 12.2. The minimum Gasteiger partial charge on any atom is -0.494 e. The summed E-state index contributed by atoms with van der Waals surface area (Å²) in [6, 6.07) is 19.2. The van der Waals surface area contributed by atoms with Gasteiger partial charge in [0.2, 0.25) is 0 Å². The van der Waals surface area contributed by atoms with Crippen molar-refractivity contribution >= 4 is 38.3 Å². The highest BCUT2D eigenvalue weighted by atomic mass is 79.9. The molecule has 0 unspecified atom stereocenters. The Bertz CT molecular complexity index is 926. The minimum absolute atomic E-state index is 0.0716. The number of carbonyl (C=O) groups is 1. The SMILES string of the molecule is CCCCOc1cccc(NC(=O)COc2ccc3ccccc3c2Br)c1. The standard InChI is InChI=1S/C22H22BrNO3/c1-2-3-13-26-18-9-6-8-17(14-18)24-21(25)15-27-20-12-11-16-7-4-5-10-19(16)22(20)23/h4-12,14H,2-3,13,15H2,1H3,(H,24,25). The maximum absolute atomic E-state index is 12.2. The van der Waals surface area contributed by atoms with Crippen molar-refractivity contribution in [2.75, 3.05) is 18.5 Å². The lowest BCUT2D eigenvalue weighted by molar-refractivity contribution is -0.118. The number of hydrogen-bond acceptors (Lipinski definition) is 3. The Kier molecular flexibility index (Phi) is 6.71. The van der Waals surface area contributed by atoms with Gasteiger partial charge in [-0.25, -0.2) is 0 Å². The molecule has 0 saturated carbocycles. The maximum Gasteiger partial charge on any atom is 0.262 e. The summed E-state index contributed by atoms with van der Waals surface area (Å²) in [5.74, 6) is 1.17. The van der Waals surface area contributed by atoms with E-state index >= 15 is 0 Å². The van der Waals surface area contributed by atoms with Crippen molar-refractivity contribution < 1.29 is 14.3 Å². The average molecular weight is 428 g/mol. The van der Waals surface area contributed by atoms with Crippen LogP contribution in [-0.2, 0) is 4.79 Å². The van der Waals surface area contributed by atoms with Crippen LogP contribution in [0.5, 0.6) is 11.5 Å². The lowest BCUT2D eigenvalue weighted by Gasteiger charge is -2.11. The average Bonchev–Trinajstić information content (AvgIpc) is 2.68. The summed E-state index contributed by atoms with van der Waals surface area (Å²) < 4.78 is 12.2. The second-order valence-corrected chi connectivity index (χ2v) is 6.96. The minimum atomic E-state index is -0.222. The second-order valence-electron chi connectivity index (χ2n) is 6.17. The number of halogens is 1. The first kappa shape index (κ1) is 19.2. The number of anilines is 1. The third kappa shape index (κ3) is 5.23. The molecule has 5 heteroatoms. The summed E-state index contributed by atoms with van der Waals surface area (Å²) in [5.41, 5.74) is 0.690. The number of hydrogen-bond donors (Lipinski definition) is 1. The topological polar surface area (TPSA) is 47.6 Å². The number of carbonyl (C=O) groups excluding carboxylic acids is 1. The summed E-state index contributed by atoms with van der Waals surface area (Å²) in [5, 5.41) is 5.00. The van der Waals surface area contributed by atoms with Crippen LogP contribution in [0.3, 0.4) is 0 Å². The highest BCUT2D eigenvalue weighted by molar-refractivity contribution is 9.10. The number of nitrogens with one attached hydrogen (secondary N) is 1. The van der Waals surface area contributed by atoms with Crippen molar-refractivity contribution in [2.45, 2.75) is 19.8 Å². The number of ether oxygens (including phenoxy) is 2. The molecule has 3 rings (SSSR count). The third-order valence-corrected chi connectivity index (χ3v) is 4.89. The van der Waals surface area contributed by atoms with Crippen molar-refractivity contribution in [3.63, 3.8) is 0 Å². The van der Waals surface area contributed by atoms with Gasteiger partial charge in [-0.1, -0.05) is 49.7 Å². The van der Waals surface area contributed by atoms with Crippen molar-refractivity contribution in [3.8, 4) is 11.5 Å². The maximum atomic E-state index is 12.2. The molecule has 3 aromatic rings. The molecule has 0 heterocycles. The van der Waals surface area contributed by atoms with Gasteiger partial charge in [-0.3, -0.25) is 4.79 Å². The molecular weight excluding hydrogens is 406 g/mol. The van der Waals surface area contributed by atoms with Crippen LogP contribution < -0.4 is 14.8 Å². The van der Waals surface area contributed by atoms with Crippen LogP contribution in [0.15, 0.2) is 65.1 Å². The molecule has 0 bridgehead atoms. The lowest BCUT2D eigenvalue weighted by atomic mass is 10.1. The predicted molar refractivity (Wildman–Crippen MR) is 113 cm³/mol. The van der Waals surface area contributed by atoms with E-state index < -0.39 is 0 Å². The van der Waals surface area contributed by atoms with Gasteiger partial charge >= 0.3 is 0 Å². The first-order chi connectivity index (χ1) is 13.2. The summed E-state index contributed by atoms with van der Waals surface area (Å²) in [7, 11) is 0. The number of amides is 1. The van der Waals surface area contributed by atoms with Gasteiger partial charge in [-0.2, -0.15) is 0 Å². The quantitative estimate of drug-likeness (QED) is 0.462. The molecule has 0 aliphatic carbocycles. The van der Waals surface area contributed by atoms with Gasteiger partial charge < -0.3 is 14.8 Å². The highest BCUT2D eigenvalue weighted by Gasteiger charge is 2.09. The van der Waals surface area contributed by atoms with E-state index in [1.165, 1.54) is 0 Å². The third-order valence-electron chi connectivity index (χ3n) is 4.07. The molecule has 1 amide bonds. The Hall–Kier alpha value is -2.53. The van der Waals surface area contributed by atoms with E-state index in [0.717, 1.165) is 33.8 Å². The van der Waals surface area contributed by atoms with Crippen molar-refractivity contribution in [2.24, 2.45) is 0 Å². The zero-order valence-electron chi connectivity index (χ0n) is 15.2. The van der Waals surface area contributed by atoms with Gasteiger partial charge in [0.25, 0.3) is 5.91 Å². The Morgan fingerprint density at radius 3 is 2.74 bits per heavy atom. The molecule has 4 nitrogen and oxygen atoms in total. The first-order valence-electron chi connectivity index (χ1n) is 9.00. The monoisotopic (exact) mass is 427 g/mol. The smallest absolute Gasteiger partial charge is 0.262 e. The van der Waals surface area contributed by atoms with Crippen molar-refractivity contribution in [1.82, 2.24) is 0 Å². The van der Waals surface area contributed by atoms with E-state index in [1.807, 2.05) is 60.7 Å². The number of benzene rings is 3. The van der Waals surface area contributed by atoms with Crippen LogP contribution in [0.25, 0.3) is 10.8 Å². The lowest BCUT2D eigenvalue weighted by Crippen LogP contribution is -2.20. The summed E-state index contributed by atoms with van der Waals surface area (Å²) >= 11 is 3.57. The van der Waals surface area contributed by atoms with E-state index in [2.05, 4.69) is 28.2 Å². The van der Waals surface area contributed by atoms with Crippen LogP contribution in [0.1, 0.15) is 19.8 Å². The van der Waals surface area contributed by atoms with Crippen LogP contribution in [0, 0.1) is 0 Å². The Morgan fingerprint density at radius 2 is 1.89 bits per heavy atom. The van der Waals surface area contributed by atoms with E-state index in [9.17, 15) is 4.79 Å². The van der Waals surface area contributed by atoms with Crippen molar-refractivity contribution in [1.29, 1.82) is 0 Å². The molecule has 140 valence electrons. The van der Waals surface area contributed by atoms with Crippen LogP contribution in [0.2, 0.25) is 0 Å². The zero-order valence-corrected chi connectivity index (χ0v) is 16.8. The molecule has 0 saturated heterocycles. The van der Waals surface area contributed by atoms with E-state index in [4.69, 9.17) is 9.47 Å². The second kappa shape index (κ2) is 9.42.